The van der Waals surface area contributed by atoms with Crippen LogP contribution in [0.3, 0.4) is 0 Å². The minimum Gasteiger partial charge on any atom is -0.484 e. The number of rotatable bonds is 4. The Balaban J connectivity index is 1.82. The molecular formula is C10H10N4O2S. The van der Waals surface area contributed by atoms with Gasteiger partial charge in [0.2, 0.25) is 10.3 Å². The quantitative estimate of drug-likeness (QED) is 0.849. The van der Waals surface area contributed by atoms with Gasteiger partial charge in [-0.1, -0.05) is 29.5 Å². The molecule has 2 aromatic rings. The fourth-order valence-corrected chi connectivity index (χ4v) is 1.63. The second-order valence-corrected chi connectivity index (χ2v) is 4.10. The van der Waals surface area contributed by atoms with Crippen molar-refractivity contribution in [1.82, 2.24) is 10.2 Å². The van der Waals surface area contributed by atoms with Gasteiger partial charge >= 0.3 is 0 Å². The molecule has 0 saturated carbocycles. The summed E-state index contributed by atoms with van der Waals surface area (Å²) >= 11 is 1.11. The van der Waals surface area contributed by atoms with Crippen molar-refractivity contribution in [3.63, 3.8) is 0 Å². The maximum atomic E-state index is 11.5. The second kappa shape index (κ2) is 5.26. The van der Waals surface area contributed by atoms with Crippen LogP contribution < -0.4 is 15.8 Å². The minimum absolute atomic E-state index is 0.0799. The predicted octanol–water partition coefficient (Wildman–Crippen LogP) is 1.14. The summed E-state index contributed by atoms with van der Waals surface area (Å²) in [6, 6.07) is 9.08. The van der Waals surface area contributed by atoms with Gasteiger partial charge in [-0.2, -0.15) is 0 Å². The highest BCUT2D eigenvalue weighted by molar-refractivity contribution is 7.18. The molecule has 3 N–H and O–H groups in total. The van der Waals surface area contributed by atoms with E-state index in [9.17, 15) is 4.79 Å². The first-order valence-electron chi connectivity index (χ1n) is 4.81. The number of nitrogens with zero attached hydrogens (tertiary/aromatic N) is 2. The average molecular weight is 250 g/mol. The predicted molar refractivity (Wildman–Crippen MR) is 64.9 cm³/mol. The van der Waals surface area contributed by atoms with Crippen LogP contribution in [0.5, 0.6) is 5.75 Å². The van der Waals surface area contributed by atoms with Gasteiger partial charge in [0.25, 0.3) is 5.91 Å². The highest BCUT2D eigenvalue weighted by Crippen LogP contribution is 2.16. The van der Waals surface area contributed by atoms with Gasteiger partial charge in [-0.3, -0.25) is 10.1 Å². The highest BCUT2D eigenvalue weighted by atomic mass is 32.1. The lowest BCUT2D eigenvalue weighted by Crippen LogP contribution is -2.20. The van der Waals surface area contributed by atoms with Crippen molar-refractivity contribution < 1.29 is 9.53 Å². The first kappa shape index (κ1) is 11.3. The molecule has 0 unspecified atom stereocenters. The molecule has 2 rings (SSSR count). The third kappa shape index (κ3) is 3.42. The molecule has 7 heteroatoms. The van der Waals surface area contributed by atoms with Crippen molar-refractivity contribution in [1.29, 1.82) is 0 Å². The number of nitrogens with two attached hydrogens (primary N) is 1. The van der Waals surface area contributed by atoms with Crippen LogP contribution in [0.4, 0.5) is 10.3 Å². The molecular weight excluding hydrogens is 240 g/mol. The molecule has 1 amide bonds. The molecule has 17 heavy (non-hydrogen) atoms. The number of carbonyl (C=O) groups excluding carboxylic acids is 1. The summed E-state index contributed by atoms with van der Waals surface area (Å²) in [5, 5.41) is 10.5. The lowest BCUT2D eigenvalue weighted by Gasteiger charge is -2.04. The van der Waals surface area contributed by atoms with Gasteiger partial charge in [0.1, 0.15) is 5.75 Å². The molecule has 0 aliphatic carbocycles. The van der Waals surface area contributed by atoms with Gasteiger partial charge in [-0.25, -0.2) is 0 Å². The normalized spacial score (nSPS) is 9.88. The number of ether oxygens (including phenoxy) is 1. The lowest BCUT2D eigenvalue weighted by atomic mass is 10.3. The summed E-state index contributed by atoms with van der Waals surface area (Å²) in [6.07, 6.45) is 0. The Kier molecular flexibility index (Phi) is 3.51. The Hall–Kier alpha value is -2.15. The number of hydrogen-bond donors (Lipinski definition) is 2. The summed E-state index contributed by atoms with van der Waals surface area (Å²) < 4.78 is 5.26. The van der Waals surface area contributed by atoms with E-state index in [1.807, 2.05) is 18.2 Å². The summed E-state index contributed by atoms with van der Waals surface area (Å²) in [7, 11) is 0. The molecule has 1 aromatic heterocycles. The molecule has 1 heterocycles. The number of para-hydroxylation sites is 1. The van der Waals surface area contributed by atoms with Gasteiger partial charge in [0, 0.05) is 0 Å². The molecule has 0 radical (unpaired) electrons. The summed E-state index contributed by atoms with van der Waals surface area (Å²) in [5.41, 5.74) is 5.38. The summed E-state index contributed by atoms with van der Waals surface area (Å²) in [6.45, 7) is -0.0799. The Morgan fingerprint density at radius 1 is 1.35 bits per heavy atom. The van der Waals surface area contributed by atoms with Crippen molar-refractivity contribution in [2.24, 2.45) is 0 Å². The van der Waals surface area contributed by atoms with E-state index in [1.54, 1.807) is 12.1 Å². The third-order valence-electron chi connectivity index (χ3n) is 1.80. The van der Waals surface area contributed by atoms with Crippen LogP contribution in [0, 0.1) is 0 Å². The maximum Gasteiger partial charge on any atom is 0.264 e. The third-order valence-corrected chi connectivity index (χ3v) is 2.47. The number of carbonyl (C=O) groups is 1. The Morgan fingerprint density at radius 2 is 2.12 bits per heavy atom. The average Bonchev–Trinajstić information content (AvgIpc) is 2.73. The van der Waals surface area contributed by atoms with Gasteiger partial charge in [0.05, 0.1) is 0 Å². The van der Waals surface area contributed by atoms with E-state index in [1.165, 1.54) is 0 Å². The minimum atomic E-state index is -0.301. The van der Waals surface area contributed by atoms with Crippen LogP contribution in [-0.2, 0) is 4.79 Å². The van der Waals surface area contributed by atoms with Crippen molar-refractivity contribution in [3.8, 4) is 5.75 Å². The standard InChI is InChI=1S/C10H10N4O2S/c11-9-13-14-10(17-9)12-8(15)6-16-7-4-2-1-3-5-7/h1-5H,6H2,(H2,11,13)(H,12,14,15). The zero-order valence-electron chi connectivity index (χ0n) is 8.79. The fraction of sp³-hybridized carbons (Fsp3) is 0.100. The summed E-state index contributed by atoms with van der Waals surface area (Å²) in [5.74, 6) is 0.337. The molecule has 0 atom stereocenters. The van der Waals surface area contributed by atoms with Gasteiger partial charge < -0.3 is 10.5 Å². The van der Waals surface area contributed by atoms with Crippen molar-refractivity contribution in [3.05, 3.63) is 30.3 Å². The van der Waals surface area contributed by atoms with Gasteiger partial charge in [-0.05, 0) is 12.1 Å². The SMILES string of the molecule is Nc1nnc(NC(=O)COc2ccccc2)s1. The Morgan fingerprint density at radius 3 is 2.76 bits per heavy atom. The number of nitrogen functional groups attached to an aromatic ring is 1. The van der Waals surface area contributed by atoms with E-state index in [-0.39, 0.29) is 12.5 Å². The van der Waals surface area contributed by atoms with Crippen LogP contribution in [0.25, 0.3) is 0 Å². The van der Waals surface area contributed by atoms with Crippen molar-refractivity contribution >= 4 is 27.5 Å². The topological polar surface area (TPSA) is 90.1 Å². The Labute approximate surface area is 101 Å². The van der Waals surface area contributed by atoms with E-state index < -0.39 is 0 Å². The molecule has 0 aliphatic rings. The molecule has 1 aromatic carbocycles. The number of aromatic nitrogens is 2. The van der Waals surface area contributed by atoms with E-state index in [2.05, 4.69) is 15.5 Å². The number of amides is 1. The van der Waals surface area contributed by atoms with Crippen LogP contribution in [-0.4, -0.2) is 22.7 Å². The highest BCUT2D eigenvalue weighted by Gasteiger charge is 2.07. The van der Waals surface area contributed by atoms with Crippen molar-refractivity contribution in [2.45, 2.75) is 0 Å². The molecule has 0 spiro atoms. The Bertz CT molecular complexity index is 500. The van der Waals surface area contributed by atoms with Crippen LogP contribution in [0.1, 0.15) is 0 Å². The van der Waals surface area contributed by atoms with E-state index in [0.29, 0.717) is 16.0 Å². The second-order valence-electron chi connectivity index (χ2n) is 3.10. The monoisotopic (exact) mass is 250 g/mol. The molecule has 0 bridgehead atoms. The molecule has 0 saturated heterocycles. The van der Waals surface area contributed by atoms with E-state index in [4.69, 9.17) is 10.5 Å². The summed E-state index contributed by atoms with van der Waals surface area (Å²) in [4.78, 5) is 11.5. The van der Waals surface area contributed by atoms with E-state index >= 15 is 0 Å². The first-order chi connectivity index (χ1) is 8.24. The zero-order chi connectivity index (χ0) is 12.1. The number of hydrogen-bond acceptors (Lipinski definition) is 6. The van der Waals surface area contributed by atoms with Crippen LogP contribution in [0.2, 0.25) is 0 Å². The number of nitrogens with one attached hydrogen (secondary N) is 1. The lowest BCUT2D eigenvalue weighted by molar-refractivity contribution is -0.118. The van der Waals surface area contributed by atoms with Crippen LogP contribution >= 0.6 is 11.3 Å². The molecule has 0 aliphatic heterocycles. The molecule has 6 nitrogen and oxygen atoms in total. The maximum absolute atomic E-state index is 11.5. The van der Waals surface area contributed by atoms with Crippen molar-refractivity contribution in [2.75, 3.05) is 17.7 Å². The van der Waals surface area contributed by atoms with Gasteiger partial charge in [-0.15, -0.1) is 10.2 Å². The number of anilines is 2. The van der Waals surface area contributed by atoms with Gasteiger partial charge in [0.15, 0.2) is 6.61 Å². The molecule has 88 valence electrons. The number of benzene rings is 1. The fourth-order valence-electron chi connectivity index (χ4n) is 1.11. The first-order valence-corrected chi connectivity index (χ1v) is 5.62. The molecule has 0 fully saturated rings. The van der Waals surface area contributed by atoms with Crippen LogP contribution in [0.15, 0.2) is 30.3 Å². The zero-order valence-corrected chi connectivity index (χ0v) is 9.61. The smallest absolute Gasteiger partial charge is 0.264 e. The largest absolute Gasteiger partial charge is 0.484 e. The van der Waals surface area contributed by atoms with E-state index in [0.717, 1.165) is 11.3 Å².